The number of hydrogen-bond donors (Lipinski definition) is 2. The van der Waals surface area contributed by atoms with Crippen LogP contribution in [-0.4, -0.2) is 27.9 Å². The van der Waals surface area contributed by atoms with Crippen LogP contribution in [0.4, 0.5) is 10.5 Å². The van der Waals surface area contributed by atoms with E-state index in [9.17, 15) is 9.59 Å². The molecule has 1 aliphatic heterocycles. The molecule has 12 heteroatoms. The highest BCUT2D eigenvalue weighted by Crippen LogP contribution is 2.38. The second kappa shape index (κ2) is 13.5. The molecule has 4 aromatic carbocycles. The Morgan fingerprint density at radius 2 is 1.83 bits per heavy atom. The number of thiocarbonyl (C=S) groups is 1. The lowest BCUT2D eigenvalue weighted by atomic mass is 10.1. The fourth-order valence-electron chi connectivity index (χ4n) is 4.19. The third-order valence-corrected chi connectivity index (χ3v) is 8.91. The maximum absolute atomic E-state index is 13.1. The molecule has 1 heterocycles. The Hall–Kier alpha value is -3.03. The van der Waals surface area contributed by atoms with Crippen molar-refractivity contribution in [2.45, 2.75) is 13.5 Å². The number of thioether (sulfide) groups is 1. The fraction of sp³-hybridized carbons (Fsp3) is 0.100. The molecule has 3 amide bonds. The number of carbonyl (C=O) groups is 2. The first-order valence-electron chi connectivity index (χ1n) is 12.6. The van der Waals surface area contributed by atoms with E-state index in [0.29, 0.717) is 40.3 Å². The van der Waals surface area contributed by atoms with Crippen LogP contribution in [0.2, 0.25) is 10.0 Å². The second-order valence-corrected chi connectivity index (χ2v) is 12.6. The number of urea groups is 1. The lowest BCUT2D eigenvalue weighted by molar-refractivity contribution is -0.123. The van der Waals surface area contributed by atoms with Crippen LogP contribution in [0.15, 0.2) is 77.7 Å². The summed E-state index contributed by atoms with van der Waals surface area (Å²) in [5, 5.41) is 6.55. The van der Waals surface area contributed by atoms with Crippen LogP contribution in [0.3, 0.4) is 0 Å². The molecule has 5 rings (SSSR count). The maximum atomic E-state index is 13.1. The second-order valence-electron chi connectivity index (χ2n) is 8.90. The Balaban J connectivity index is 1.32. The molecule has 0 spiro atoms. The van der Waals surface area contributed by atoms with E-state index in [1.54, 1.807) is 18.2 Å². The number of anilines is 1. The first-order valence-corrected chi connectivity index (χ1v) is 15.7. The molecule has 0 bridgehead atoms. The van der Waals surface area contributed by atoms with Gasteiger partial charge in [0.2, 0.25) is 0 Å². The number of fused-ring (bicyclic) bond motifs is 1. The van der Waals surface area contributed by atoms with Gasteiger partial charge in [-0.1, -0.05) is 77.4 Å². The number of nitrogens with zero attached hydrogens (tertiary/aromatic N) is 1. The molecule has 0 atom stereocenters. The van der Waals surface area contributed by atoms with Crippen LogP contribution in [0.25, 0.3) is 16.8 Å². The smallest absolute Gasteiger partial charge is 0.338 e. The number of amides is 3. The van der Waals surface area contributed by atoms with E-state index in [-0.39, 0.29) is 9.34 Å². The predicted octanol–water partition coefficient (Wildman–Crippen LogP) is 8.67. The van der Waals surface area contributed by atoms with Gasteiger partial charge in [0.25, 0.3) is 5.91 Å². The molecule has 1 fully saturated rings. The number of nitrogens with one attached hydrogen (secondary N) is 2. The van der Waals surface area contributed by atoms with Crippen molar-refractivity contribution in [2.24, 2.45) is 0 Å². The van der Waals surface area contributed by atoms with Crippen LogP contribution < -0.4 is 20.2 Å². The van der Waals surface area contributed by atoms with Gasteiger partial charge < -0.3 is 14.8 Å². The van der Waals surface area contributed by atoms with Gasteiger partial charge in [-0.2, -0.15) is 5.01 Å². The highest BCUT2D eigenvalue weighted by Gasteiger charge is 2.34. The number of hydrogen-bond acceptors (Lipinski definition) is 6. The highest BCUT2D eigenvalue weighted by molar-refractivity contribution is 14.1. The summed E-state index contributed by atoms with van der Waals surface area (Å²) in [6, 6.07) is 22.0. The van der Waals surface area contributed by atoms with E-state index in [1.807, 2.05) is 43.3 Å². The minimum atomic E-state index is -0.660. The normalized spacial score (nSPS) is 14.0. The van der Waals surface area contributed by atoms with Crippen molar-refractivity contribution in [3.05, 3.63) is 102 Å². The van der Waals surface area contributed by atoms with E-state index in [0.717, 1.165) is 42.2 Å². The molecule has 0 radical (unpaired) electrons. The first kappa shape index (κ1) is 30.4. The molecule has 1 saturated heterocycles. The lowest BCUT2D eigenvalue weighted by Gasteiger charge is -2.16. The van der Waals surface area contributed by atoms with Crippen LogP contribution in [0.1, 0.15) is 18.1 Å². The predicted molar refractivity (Wildman–Crippen MR) is 182 cm³/mol. The average molecular weight is 750 g/mol. The van der Waals surface area contributed by atoms with Crippen molar-refractivity contribution in [3.8, 4) is 11.5 Å². The monoisotopic (exact) mass is 749 g/mol. The minimum absolute atomic E-state index is 0.185. The van der Waals surface area contributed by atoms with Crippen LogP contribution in [-0.2, 0) is 11.4 Å². The summed E-state index contributed by atoms with van der Waals surface area (Å²) in [6.45, 7) is 2.70. The van der Waals surface area contributed by atoms with Crippen molar-refractivity contribution < 1.29 is 19.1 Å². The maximum Gasteiger partial charge on any atom is 0.338 e. The zero-order chi connectivity index (χ0) is 29.8. The summed E-state index contributed by atoms with van der Waals surface area (Å²) < 4.78 is 13.2. The quantitative estimate of drug-likeness (QED) is 0.107. The van der Waals surface area contributed by atoms with Crippen molar-refractivity contribution in [3.63, 3.8) is 0 Å². The Bertz CT molecular complexity index is 1750. The molecule has 1 aliphatic rings. The van der Waals surface area contributed by atoms with Gasteiger partial charge in [-0.15, -0.1) is 0 Å². The summed E-state index contributed by atoms with van der Waals surface area (Å²) in [4.78, 5) is 26.0. The Morgan fingerprint density at radius 1 is 1.05 bits per heavy atom. The Morgan fingerprint density at radius 3 is 2.62 bits per heavy atom. The largest absolute Gasteiger partial charge is 0.490 e. The van der Waals surface area contributed by atoms with E-state index >= 15 is 0 Å². The number of rotatable bonds is 8. The zero-order valence-electron chi connectivity index (χ0n) is 22.0. The SMILES string of the molecule is CCOc1cc(/C=C2/SC(=S)N(NC(=O)Nc3ccc(Cl)c(Cl)c3)C2=O)cc(I)c1OCc1cccc2ccccc12. The van der Waals surface area contributed by atoms with Gasteiger partial charge in [-0.3, -0.25) is 4.79 Å². The van der Waals surface area contributed by atoms with Gasteiger partial charge >= 0.3 is 6.03 Å². The third kappa shape index (κ3) is 6.95. The third-order valence-electron chi connectivity index (χ3n) is 6.07. The van der Waals surface area contributed by atoms with Gasteiger partial charge in [-0.05, 0) is 100 Å². The minimum Gasteiger partial charge on any atom is -0.490 e. The van der Waals surface area contributed by atoms with Crippen LogP contribution in [0, 0.1) is 3.57 Å². The molecule has 2 N–H and O–H groups in total. The number of carbonyl (C=O) groups excluding carboxylic acids is 2. The van der Waals surface area contributed by atoms with Gasteiger partial charge in [-0.25, -0.2) is 10.2 Å². The molecule has 7 nitrogen and oxygen atoms in total. The standard InChI is InChI=1S/C30H22Cl2IN3O4S2/c1-2-39-25-13-17(12-24(33)27(25)40-16-19-8-5-7-18-6-3-4-9-21(18)19)14-26-28(37)36(30(41)42-26)35-29(38)34-20-10-11-22(31)23(32)15-20/h3-15H,2,16H2,1H3,(H2,34,35,38)/b26-14+. The van der Waals surface area contributed by atoms with Gasteiger partial charge in [0.15, 0.2) is 15.8 Å². The highest BCUT2D eigenvalue weighted by atomic mass is 127. The van der Waals surface area contributed by atoms with Crippen LogP contribution in [0.5, 0.6) is 11.5 Å². The zero-order valence-corrected chi connectivity index (χ0v) is 27.3. The average Bonchev–Trinajstić information content (AvgIpc) is 3.22. The number of halogens is 3. The molecular weight excluding hydrogens is 728 g/mol. The number of hydrazine groups is 1. The first-order chi connectivity index (χ1) is 20.2. The van der Waals surface area contributed by atoms with Crippen molar-refractivity contribution >= 4 is 109 Å². The molecule has 42 heavy (non-hydrogen) atoms. The van der Waals surface area contributed by atoms with Crippen molar-refractivity contribution in [2.75, 3.05) is 11.9 Å². The number of ether oxygens (including phenoxy) is 2. The van der Waals surface area contributed by atoms with Gasteiger partial charge in [0, 0.05) is 5.69 Å². The van der Waals surface area contributed by atoms with E-state index in [1.165, 1.54) is 6.07 Å². The summed E-state index contributed by atoms with van der Waals surface area (Å²) in [7, 11) is 0. The summed E-state index contributed by atoms with van der Waals surface area (Å²) >= 11 is 20.6. The molecule has 0 aromatic heterocycles. The van der Waals surface area contributed by atoms with Crippen molar-refractivity contribution in [1.82, 2.24) is 10.4 Å². The molecule has 0 saturated carbocycles. The van der Waals surface area contributed by atoms with Crippen molar-refractivity contribution in [1.29, 1.82) is 0 Å². The topological polar surface area (TPSA) is 79.9 Å². The Kier molecular flexibility index (Phi) is 9.79. The van der Waals surface area contributed by atoms with Gasteiger partial charge in [0.05, 0.1) is 25.1 Å². The number of benzene rings is 4. The van der Waals surface area contributed by atoms with E-state index in [4.69, 9.17) is 44.9 Å². The molecule has 0 aliphatic carbocycles. The van der Waals surface area contributed by atoms with E-state index in [2.05, 4.69) is 51.5 Å². The molecular formula is C30H22Cl2IN3O4S2. The lowest BCUT2D eigenvalue weighted by Crippen LogP contribution is -2.46. The summed E-state index contributed by atoms with van der Waals surface area (Å²) in [5.74, 6) is 0.722. The summed E-state index contributed by atoms with van der Waals surface area (Å²) in [6.07, 6.45) is 1.71. The molecule has 0 unspecified atom stereocenters. The fourth-order valence-corrected chi connectivity index (χ4v) is 6.45. The van der Waals surface area contributed by atoms with E-state index < -0.39 is 11.9 Å². The molecule has 214 valence electrons. The van der Waals surface area contributed by atoms with Crippen LogP contribution >= 0.6 is 69.8 Å². The Labute approximate surface area is 275 Å². The van der Waals surface area contributed by atoms with Gasteiger partial charge in [0.1, 0.15) is 6.61 Å². The molecule has 4 aromatic rings. The summed E-state index contributed by atoms with van der Waals surface area (Å²) in [5.41, 5.74) is 4.68.